The van der Waals surface area contributed by atoms with Crippen LogP contribution in [-0.4, -0.2) is 62.4 Å². The Morgan fingerprint density at radius 1 is 1.10 bits per heavy atom. The van der Waals surface area contributed by atoms with Crippen molar-refractivity contribution in [3.63, 3.8) is 0 Å². The maximum absolute atomic E-state index is 14.5. The van der Waals surface area contributed by atoms with Crippen molar-refractivity contribution in [1.82, 2.24) is 15.4 Å². The number of amides is 2. The lowest BCUT2D eigenvalue weighted by Gasteiger charge is -2.52. The van der Waals surface area contributed by atoms with Crippen molar-refractivity contribution in [3.8, 4) is 5.75 Å². The number of nitrogens with zero attached hydrogens (tertiary/aromatic N) is 5. The van der Waals surface area contributed by atoms with Crippen LogP contribution in [0, 0.1) is 30.1 Å². The third-order valence-electron chi connectivity index (χ3n) is 7.91. The van der Waals surface area contributed by atoms with Gasteiger partial charge in [0.25, 0.3) is 5.90 Å². The molecule has 1 aromatic rings. The predicted molar refractivity (Wildman–Crippen MR) is 161 cm³/mol. The second-order valence-electron chi connectivity index (χ2n) is 13.2. The molecule has 226 valence electrons. The number of pyridine rings is 1. The molecule has 0 unspecified atom stereocenters. The molecule has 42 heavy (non-hydrogen) atoms. The number of carbonyl (C=O) groups is 3. The molecule has 0 aromatic carbocycles. The molecule has 1 aromatic heterocycles. The van der Waals surface area contributed by atoms with Crippen LogP contribution in [0.3, 0.4) is 0 Å². The minimum absolute atomic E-state index is 0.119. The van der Waals surface area contributed by atoms with Crippen LogP contribution in [0.5, 0.6) is 5.75 Å². The van der Waals surface area contributed by atoms with E-state index in [-0.39, 0.29) is 23.9 Å². The molecule has 12 nitrogen and oxygen atoms in total. The summed E-state index contributed by atoms with van der Waals surface area (Å²) in [7, 11) is 1.59. The first-order chi connectivity index (χ1) is 19.3. The highest BCUT2D eigenvalue weighted by Crippen LogP contribution is 2.63. The summed E-state index contributed by atoms with van der Waals surface area (Å²) in [6.45, 7) is 19.8. The fourth-order valence-corrected chi connectivity index (χ4v) is 7.39. The summed E-state index contributed by atoms with van der Waals surface area (Å²) in [5, 5.41) is 21.8. The zero-order valence-electron chi connectivity index (χ0n) is 25.9. The van der Waals surface area contributed by atoms with Gasteiger partial charge in [-0.25, -0.2) is 14.9 Å². The molecule has 0 fully saturated rings. The minimum Gasteiger partial charge on any atom is -0.496 e. The third kappa shape index (κ3) is 4.77. The van der Waals surface area contributed by atoms with E-state index in [1.807, 2.05) is 69.2 Å². The van der Waals surface area contributed by atoms with Gasteiger partial charge in [0.05, 0.1) is 28.7 Å². The van der Waals surface area contributed by atoms with Crippen LogP contribution < -0.4 is 10.1 Å². The van der Waals surface area contributed by atoms with E-state index < -0.39 is 33.2 Å². The van der Waals surface area contributed by atoms with E-state index in [4.69, 9.17) is 24.8 Å². The minimum atomic E-state index is -1.58. The van der Waals surface area contributed by atoms with Gasteiger partial charge in [-0.1, -0.05) is 41.5 Å². The number of rotatable bonds is 3. The number of ketones is 1. The van der Waals surface area contributed by atoms with Gasteiger partial charge in [0.2, 0.25) is 0 Å². The molecule has 2 amide bonds. The number of aryl methyl sites for hydroxylation is 1. The van der Waals surface area contributed by atoms with Gasteiger partial charge in [0, 0.05) is 28.5 Å². The third-order valence-corrected chi connectivity index (χ3v) is 9.87. The molecule has 3 heterocycles. The molecule has 2 aliphatic heterocycles. The van der Waals surface area contributed by atoms with Gasteiger partial charge in [-0.05, 0) is 50.5 Å². The maximum atomic E-state index is 14.5. The number of ether oxygens (including phenoxy) is 2. The number of Topliss-reactive ketones (excluding diaryl/α,β-unsaturated/α-hetero) is 1. The lowest BCUT2D eigenvalue weighted by atomic mass is 9.60. The first-order valence-electron chi connectivity index (χ1n) is 13.5. The fraction of sp³-hybridized carbons (Fsp3) is 0.552. The lowest BCUT2D eigenvalue weighted by Crippen LogP contribution is -2.53. The van der Waals surface area contributed by atoms with Gasteiger partial charge < -0.3 is 14.6 Å². The second kappa shape index (κ2) is 10.2. The smallest absolute Gasteiger partial charge is 0.423 e. The van der Waals surface area contributed by atoms with Crippen molar-refractivity contribution in [2.24, 2.45) is 30.8 Å². The van der Waals surface area contributed by atoms with E-state index in [0.29, 0.717) is 28.3 Å². The van der Waals surface area contributed by atoms with Crippen LogP contribution in [-0.2, 0) is 16.1 Å². The van der Waals surface area contributed by atoms with E-state index in [1.54, 1.807) is 18.6 Å². The molecule has 0 radical (unpaired) electrons. The monoisotopic (exact) mass is 598 g/mol. The molecule has 0 atom stereocenters. The van der Waals surface area contributed by atoms with Crippen LogP contribution in [0.15, 0.2) is 31.9 Å². The predicted octanol–water partition coefficient (Wildman–Crippen LogP) is 5.44. The second-order valence-corrected chi connectivity index (χ2v) is 14.1. The Labute approximate surface area is 249 Å². The van der Waals surface area contributed by atoms with Gasteiger partial charge in [-0.2, -0.15) is 14.6 Å². The largest absolute Gasteiger partial charge is 0.496 e. The van der Waals surface area contributed by atoms with Crippen LogP contribution >= 0.6 is 11.9 Å². The van der Waals surface area contributed by atoms with Crippen LogP contribution in [0.1, 0.15) is 72.2 Å². The average Bonchev–Trinajstić information content (AvgIpc) is 2.96. The zero-order chi connectivity index (χ0) is 31.6. The summed E-state index contributed by atoms with van der Waals surface area (Å²) in [5.74, 6) is 0.343. The normalized spacial score (nSPS) is 19.4. The van der Waals surface area contributed by atoms with Crippen LogP contribution in [0.2, 0.25) is 0 Å². The highest BCUT2D eigenvalue weighted by molar-refractivity contribution is 8.00. The highest BCUT2D eigenvalue weighted by atomic mass is 32.2. The molecule has 1 aliphatic carbocycles. The van der Waals surface area contributed by atoms with Crippen molar-refractivity contribution >= 4 is 47.2 Å². The molecule has 4 rings (SSSR count). The number of hydrogen-bond acceptors (Lipinski definition) is 11. The Hall–Kier alpha value is -3.74. The summed E-state index contributed by atoms with van der Waals surface area (Å²) in [6, 6.07) is 0. The van der Waals surface area contributed by atoms with E-state index in [2.05, 4.69) is 9.38 Å². The first kappa shape index (κ1) is 31.2. The number of methoxy groups -OCH3 is 1. The number of imide groups is 1. The molecule has 0 bridgehead atoms. The molecule has 0 saturated heterocycles. The number of carbonyl (C=O) groups excluding carboxylic acids is 2. The quantitative estimate of drug-likeness (QED) is 0.433. The van der Waals surface area contributed by atoms with E-state index in [0.717, 1.165) is 23.1 Å². The number of carboxylic acid groups (broad SMARTS) is 1. The van der Waals surface area contributed by atoms with E-state index >= 15 is 0 Å². The molecule has 0 spiro atoms. The van der Waals surface area contributed by atoms with Crippen molar-refractivity contribution < 1.29 is 29.0 Å². The summed E-state index contributed by atoms with van der Waals surface area (Å²) in [5.41, 5.74) is 1.76. The maximum Gasteiger partial charge on any atom is 0.423 e. The Kier molecular flexibility index (Phi) is 7.59. The van der Waals surface area contributed by atoms with Crippen molar-refractivity contribution in [3.05, 3.63) is 34.2 Å². The molecular weight excluding hydrogens is 560 g/mol. The number of aromatic nitrogens is 1. The average molecular weight is 599 g/mol. The van der Waals surface area contributed by atoms with Crippen molar-refractivity contribution in [2.45, 2.75) is 80.5 Å². The molecule has 0 saturated carbocycles. The van der Waals surface area contributed by atoms with Gasteiger partial charge in [-0.3, -0.25) is 9.78 Å². The number of hydrazone groups is 2. The lowest BCUT2D eigenvalue weighted by molar-refractivity contribution is -0.121. The van der Waals surface area contributed by atoms with Gasteiger partial charge in [0.15, 0.2) is 11.5 Å². The molecule has 3 aliphatic rings. The van der Waals surface area contributed by atoms with Crippen molar-refractivity contribution in [2.75, 3.05) is 7.11 Å². The Morgan fingerprint density at radius 2 is 1.71 bits per heavy atom. The Morgan fingerprint density at radius 3 is 2.26 bits per heavy atom. The zero-order valence-corrected chi connectivity index (χ0v) is 26.7. The fourth-order valence-electron chi connectivity index (χ4n) is 6.21. The van der Waals surface area contributed by atoms with Gasteiger partial charge >= 0.3 is 12.2 Å². The van der Waals surface area contributed by atoms with E-state index in [9.17, 15) is 14.4 Å². The van der Waals surface area contributed by atoms with Crippen LogP contribution in [0.4, 0.5) is 9.59 Å². The Bertz CT molecular complexity index is 1500. The highest BCUT2D eigenvalue weighted by Gasteiger charge is 2.64. The molecule has 2 N–H and O–H groups in total. The summed E-state index contributed by atoms with van der Waals surface area (Å²) in [4.78, 5) is 42.8. The summed E-state index contributed by atoms with van der Waals surface area (Å²) >= 11 is 1.13. The summed E-state index contributed by atoms with van der Waals surface area (Å²) < 4.78 is 14.8. The van der Waals surface area contributed by atoms with Crippen molar-refractivity contribution in [1.29, 1.82) is 0 Å². The Balaban J connectivity index is 2.00. The first-order valence-corrected chi connectivity index (χ1v) is 14.3. The molecule has 13 heteroatoms. The SMILES string of the molecule is COc1c(C)cnc(CN2N=C3C(OC(=O)NC(=O)O)=NSC(C(C)(C)C)(C(C)(C)C)C4=C3C(=N2)C(C)(C)C4=O)c1C. The number of alkyl carbamates (subject to hydrolysis) is 1. The van der Waals surface area contributed by atoms with E-state index in [1.165, 1.54) is 5.12 Å². The number of nitrogens with one attached hydrogen (secondary N) is 1. The summed E-state index contributed by atoms with van der Waals surface area (Å²) in [6.07, 6.45) is -1.12. The van der Waals surface area contributed by atoms with Crippen LogP contribution in [0.25, 0.3) is 0 Å². The van der Waals surface area contributed by atoms with Gasteiger partial charge in [0.1, 0.15) is 12.3 Å². The molecular formula is C29H38N6O6S. The van der Waals surface area contributed by atoms with Gasteiger partial charge in [-0.15, -0.1) is 5.10 Å². The topological polar surface area (TPSA) is 155 Å². The number of hydrogen-bond donors (Lipinski definition) is 2. The standard InChI is InChI=1S/C29H38N6O6S/c1-14-12-30-16(15(2)20(14)40-11)13-35-32-19-17-18(22(36)28(9,10)21(17)33-35)29(26(3,4)5,27(6,7)8)42-34-23(19)41-25(39)31-24(37)38/h12H,13H2,1-11H3,(H,31,39)(H,37,38).